The van der Waals surface area contributed by atoms with Crippen LogP contribution in [-0.2, 0) is 0 Å². The largest absolute Gasteiger partial charge is 0.390 e. The van der Waals surface area contributed by atoms with E-state index in [-0.39, 0.29) is 0 Å². The fourth-order valence-electron chi connectivity index (χ4n) is 0.156. The Labute approximate surface area is 57.2 Å². The summed E-state index contributed by atoms with van der Waals surface area (Å²) in [6.45, 7) is 0. The van der Waals surface area contributed by atoms with Gasteiger partial charge < -0.3 is 5.73 Å². The molecule has 0 saturated carbocycles. The van der Waals surface area contributed by atoms with Crippen molar-refractivity contribution >= 4 is 35.2 Å². The number of hydrogen-bond acceptors (Lipinski definition) is 2. The Balaban J connectivity index is 3.47. The molecule has 0 aromatic heterocycles. The molecule has 0 amide bonds. The van der Waals surface area contributed by atoms with Gasteiger partial charge in [0.15, 0.2) is 0 Å². The smallest absolute Gasteiger partial charge is 0.217 e. The van der Waals surface area contributed by atoms with E-state index in [1.807, 2.05) is 0 Å². The van der Waals surface area contributed by atoms with Crippen LogP contribution in [0, 0.1) is 0 Å². The van der Waals surface area contributed by atoms with Crippen molar-refractivity contribution in [2.24, 2.45) is 15.7 Å². The van der Waals surface area contributed by atoms with Crippen LogP contribution < -0.4 is 5.73 Å². The molecule has 0 fully saturated rings. The second kappa shape index (κ2) is 4.87. The minimum atomic E-state index is -0.683. The summed E-state index contributed by atoms with van der Waals surface area (Å²) in [5.41, 5.74) is 5.23. The number of halogens is 2. The van der Waals surface area contributed by atoms with Gasteiger partial charge in [0.2, 0.25) is 5.62 Å². The lowest BCUT2D eigenvalue weighted by Crippen LogP contribution is -1.94. The fourth-order valence-corrected chi connectivity index (χ4v) is 0.442. The summed E-state index contributed by atoms with van der Waals surface area (Å²) in [5, 5.41) is 0. The predicted molar refractivity (Wildman–Crippen MR) is 36.7 cm³/mol. The maximum Gasteiger partial charge on any atom is 0.217 e. The van der Waals surface area contributed by atoms with Crippen molar-refractivity contribution in [1.29, 1.82) is 0 Å². The number of hydrogen-bond donors (Lipinski definition) is 1. The topological polar surface area (TPSA) is 50.7 Å². The van der Waals surface area contributed by atoms with Gasteiger partial charge in [-0.25, -0.2) is 9.98 Å². The first-order chi connectivity index (χ1) is 3.81. The van der Waals surface area contributed by atoms with Gasteiger partial charge in [-0.1, -0.05) is 23.2 Å². The van der Waals surface area contributed by atoms with Gasteiger partial charge >= 0.3 is 0 Å². The van der Waals surface area contributed by atoms with Crippen molar-refractivity contribution in [3.05, 3.63) is 0 Å². The van der Waals surface area contributed by atoms with Crippen molar-refractivity contribution in [3.8, 4) is 0 Å². The molecule has 3 nitrogen and oxygen atoms in total. The van der Waals surface area contributed by atoms with Crippen LogP contribution >= 0.6 is 23.2 Å². The molecule has 2 N–H and O–H groups in total. The van der Waals surface area contributed by atoms with Crippen molar-refractivity contribution in [2.75, 3.05) is 0 Å². The highest BCUT2D eigenvalue weighted by atomic mass is 35.5. The first kappa shape index (κ1) is 7.72. The highest BCUT2D eigenvalue weighted by Crippen LogP contribution is 1.96. The molecule has 0 heterocycles. The van der Waals surface area contributed by atoms with Gasteiger partial charge in [-0.3, -0.25) is 0 Å². The molecule has 46 valence electrons. The average molecular weight is 154 g/mol. The van der Waals surface area contributed by atoms with Gasteiger partial charge in [-0.15, -0.1) is 0 Å². The number of aliphatic imine (C=N–C) groups is 2. The molecule has 0 spiro atoms. The highest BCUT2D eigenvalue weighted by molar-refractivity contribution is 6.56. The van der Waals surface area contributed by atoms with Crippen LogP contribution in [-0.4, -0.2) is 17.6 Å². The number of rotatable bonds is 2. The molecular formula is C3H5Cl2N3. The van der Waals surface area contributed by atoms with Crippen molar-refractivity contribution in [2.45, 2.75) is 5.62 Å². The van der Waals surface area contributed by atoms with E-state index in [2.05, 4.69) is 9.98 Å². The molecular weight excluding hydrogens is 149 g/mol. The van der Waals surface area contributed by atoms with Gasteiger partial charge in [0.05, 0.1) is 12.0 Å². The summed E-state index contributed by atoms with van der Waals surface area (Å²) in [4.78, 5) is 6.89. The van der Waals surface area contributed by atoms with E-state index in [0.29, 0.717) is 0 Å². The molecule has 1 unspecified atom stereocenters. The van der Waals surface area contributed by atoms with Crippen LogP contribution in [0.15, 0.2) is 9.98 Å². The third kappa shape index (κ3) is 3.89. The number of alkyl halides is 1. The van der Waals surface area contributed by atoms with Crippen LogP contribution in [0.3, 0.4) is 0 Å². The zero-order valence-corrected chi connectivity index (χ0v) is 5.47. The van der Waals surface area contributed by atoms with E-state index in [4.69, 9.17) is 28.9 Å². The number of nitrogens with two attached hydrogens (primary N) is 1. The maximum atomic E-state index is 5.32. The average Bonchev–Trinajstić information content (AvgIpc) is 1.68. The van der Waals surface area contributed by atoms with E-state index in [0.717, 1.165) is 12.0 Å². The third-order valence-electron chi connectivity index (χ3n) is 0.388. The summed E-state index contributed by atoms with van der Waals surface area (Å²) in [6, 6.07) is 0. The Hall–Kier alpha value is -0.280. The Kier molecular flexibility index (Phi) is 4.70. The molecule has 0 saturated heterocycles. The van der Waals surface area contributed by atoms with Crippen LogP contribution in [0.4, 0.5) is 0 Å². The summed E-state index contributed by atoms with van der Waals surface area (Å²) in [7, 11) is 0. The fraction of sp³-hybridized carbons (Fsp3) is 0.333. The normalized spacial score (nSPS) is 15.8. The molecule has 0 aliphatic rings. The monoisotopic (exact) mass is 153 g/mol. The van der Waals surface area contributed by atoms with Crippen molar-refractivity contribution in [3.63, 3.8) is 0 Å². The molecule has 0 aromatic carbocycles. The Morgan fingerprint density at radius 3 is 2.50 bits per heavy atom. The van der Waals surface area contributed by atoms with E-state index < -0.39 is 5.62 Å². The summed E-state index contributed by atoms with van der Waals surface area (Å²) in [5.74, 6) is 0. The Bertz CT molecular complexity index is 88.7. The molecule has 5 heteroatoms. The minimum Gasteiger partial charge on any atom is -0.390 e. The second-order valence-electron chi connectivity index (χ2n) is 0.855. The lowest BCUT2D eigenvalue weighted by atomic mass is 11.1. The van der Waals surface area contributed by atoms with Gasteiger partial charge in [0.25, 0.3) is 0 Å². The third-order valence-corrected chi connectivity index (χ3v) is 0.726. The molecule has 0 aliphatic heterocycles. The van der Waals surface area contributed by atoms with Crippen LogP contribution in [0.25, 0.3) is 0 Å². The van der Waals surface area contributed by atoms with E-state index in [1.54, 1.807) is 0 Å². The first-order valence-corrected chi connectivity index (χ1v) is 2.68. The maximum absolute atomic E-state index is 5.32. The molecule has 0 rings (SSSR count). The molecule has 0 radical (unpaired) electrons. The molecule has 0 bridgehead atoms. The van der Waals surface area contributed by atoms with Gasteiger partial charge in [0.1, 0.15) is 0 Å². The lowest BCUT2D eigenvalue weighted by molar-refractivity contribution is 0.987. The summed E-state index contributed by atoms with van der Waals surface area (Å²) < 4.78 is 0. The lowest BCUT2D eigenvalue weighted by Gasteiger charge is -1.89. The molecule has 0 aliphatic carbocycles. The first-order valence-electron chi connectivity index (χ1n) is 1.80. The standard InChI is InChI=1S/C3H5Cl2N3/c4-1-7-3(5)8-2-6/h1-3H,(H2,6,8)/b7-1+. The van der Waals surface area contributed by atoms with Crippen LogP contribution in [0.5, 0.6) is 0 Å². The van der Waals surface area contributed by atoms with Crippen LogP contribution in [0.2, 0.25) is 0 Å². The zero-order valence-electron chi connectivity index (χ0n) is 3.96. The Morgan fingerprint density at radius 1 is 1.50 bits per heavy atom. The summed E-state index contributed by atoms with van der Waals surface area (Å²) in [6.07, 6.45) is 1.07. The molecule has 8 heavy (non-hydrogen) atoms. The van der Waals surface area contributed by atoms with Crippen molar-refractivity contribution in [1.82, 2.24) is 0 Å². The Morgan fingerprint density at radius 2 is 2.12 bits per heavy atom. The van der Waals surface area contributed by atoms with Gasteiger partial charge in [-0.2, -0.15) is 0 Å². The molecule has 0 aromatic rings. The van der Waals surface area contributed by atoms with Gasteiger partial charge in [0, 0.05) is 0 Å². The minimum absolute atomic E-state index is 0.683. The van der Waals surface area contributed by atoms with E-state index >= 15 is 0 Å². The summed E-state index contributed by atoms with van der Waals surface area (Å²) >= 11 is 10.4. The highest BCUT2D eigenvalue weighted by Gasteiger charge is 1.88. The second-order valence-corrected chi connectivity index (χ2v) is 1.44. The van der Waals surface area contributed by atoms with E-state index in [1.165, 1.54) is 0 Å². The van der Waals surface area contributed by atoms with Crippen molar-refractivity contribution < 1.29 is 0 Å². The molecule has 1 atom stereocenters. The van der Waals surface area contributed by atoms with E-state index in [9.17, 15) is 0 Å². The predicted octanol–water partition coefficient (Wildman–Crippen LogP) is 0.763. The number of nitrogens with zero attached hydrogens (tertiary/aromatic N) is 2. The zero-order chi connectivity index (χ0) is 6.41. The quantitative estimate of drug-likeness (QED) is 0.271. The SMILES string of the molecule is N/C=N\C(Cl)/N=C/Cl. The van der Waals surface area contributed by atoms with Crippen LogP contribution in [0.1, 0.15) is 0 Å². The van der Waals surface area contributed by atoms with Gasteiger partial charge in [-0.05, 0) is 0 Å².